The summed E-state index contributed by atoms with van der Waals surface area (Å²) in [7, 11) is 0. The summed E-state index contributed by atoms with van der Waals surface area (Å²) in [5, 5.41) is 0. The van der Waals surface area contributed by atoms with Gasteiger partial charge in [0.15, 0.2) is 0 Å². The van der Waals surface area contributed by atoms with Crippen LogP contribution in [0.1, 0.15) is 23.6 Å². The van der Waals surface area contributed by atoms with Crippen LogP contribution in [-0.2, 0) is 6.42 Å². The number of nitrogens with two attached hydrogens (primary N) is 1. The van der Waals surface area contributed by atoms with E-state index in [0.29, 0.717) is 0 Å². The van der Waals surface area contributed by atoms with Crippen molar-refractivity contribution in [2.75, 3.05) is 0 Å². The molecule has 0 heterocycles. The minimum Gasteiger partial charge on any atom is -0.328 e. The Hall–Kier alpha value is -1.60. The first kappa shape index (κ1) is 12.8. The van der Waals surface area contributed by atoms with Crippen LogP contribution < -0.4 is 5.73 Å². The second-order valence-corrected chi connectivity index (χ2v) is 5.25. The molecule has 94 valence electrons. The van der Waals surface area contributed by atoms with Crippen molar-refractivity contribution in [2.24, 2.45) is 5.73 Å². The average molecular weight is 239 g/mol. The predicted molar refractivity (Wildman–Crippen MR) is 78.7 cm³/mol. The fourth-order valence-electron chi connectivity index (χ4n) is 2.35. The molecule has 0 aliphatic carbocycles. The molecule has 18 heavy (non-hydrogen) atoms. The molecule has 0 saturated carbocycles. The lowest BCUT2D eigenvalue weighted by Crippen LogP contribution is -2.17. The summed E-state index contributed by atoms with van der Waals surface area (Å²) in [4.78, 5) is 0. The molecule has 2 rings (SSSR count). The Morgan fingerprint density at radius 3 is 1.94 bits per heavy atom. The zero-order valence-corrected chi connectivity index (χ0v) is 11.4. The van der Waals surface area contributed by atoms with E-state index < -0.39 is 0 Å². The van der Waals surface area contributed by atoms with Crippen molar-refractivity contribution in [3.8, 4) is 11.1 Å². The predicted octanol–water partition coefficient (Wildman–Crippen LogP) is 3.86. The molecule has 0 spiro atoms. The molecule has 1 heteroatoms. The molecule has 0 bridgehead atoms. The molecule has 0 aromatic heterocycles. The van der Waals surface area contributed by atoms with Gasteiger partial charge in [-0.05, 0) is 43.9 Å². The van der Waals surface area contributed by atoms with E-state index >= 15 is 0 Å². The molecule has 0 saturated heterocycles. The van der Waals surface area contributed by atoms with Crippen molar-refractivity contribution < 1.29 is 0 Å². The van der Waals surface area contributed by atoms with Gasteiger partial charge in [-0.1, -0.05) is 53.6 Å². The van der Waals surface area contributed by atoms with Crippen LogP contribution in [0.15, 0.2) is 42.5 Å². The summed E-state index contributed by atoms with van der Waals surface area (Å²) in [5.41, 5.74) is 12.3. The molecule has 2 aromatic carbocycles. The van der Waals surface area contributed by atoms with E-state index in [-0.39, 0.29) is 6.04 Å². The maximum absolute atomic E-state index is 5.81. The van der Waals surface area contributed by atoms with Gasteiger partial charge in [-0.25, -0.2) is 0 Å². The van der Waals surface area contributed by atoms with E-state index in [0.717, 1.165) is 6.42 Å². The van der Waals surface area contributed by atoms with Crippen molar-refractivity contribution in [1.29, 1.82) is 0 Å². The summed E-state index contributed by atoms with van der Waals surface area (Å²) in [6.07, 6.45) is 0.938. The standard InChI is InChI=1S/C17H21N/c1-12-8-13(2)10-17(9-12)16-6-4-15(5-7-16)11-14(3)18/h4-10,14H,11,18H2,1-3H3. The minimum atomic E-state index is 0.220. The van der Waals surface area contributed by atoms with Gasteiger partial charge < -0.3 is 5.73 Å². The van der Waals surface area contributed by atoms with Crippen LogP contribution >= 0.6 is 0 Å². The van der Waals surface area contributed by atoms with Crippen molar-refractivity contribution in [3.05, 3.63) is 59.2 Å². The third-order valence-corrected chi connectivity index (χ3v) is 3.07. The van der Waals surface area contributed by atoms with Crippen LogP contribution in [0, 0.1) is 13.8 Å². The zero-order valence-electron chi connectivity index (χ0n) is 11.4. The third kappa shape index (κ3) is 3.21. The Morgan fingerprint density at radius 1 is 0.889 bits per heavy atom. The van der Waals surface area contributed by atoms with Crippen LogP contribution in [0.5, 0.6) is 0 Å². The van der Waals surface area contributed by atoms with Gasteiger partial charge in [-0.2, -0.15) is 0 Å². The topological polar surface area (TPSA) is 26.0 Å². The van der Waals surface area contributed by atoms with Gasteiger partial charge in [0.2, 0.25) is 0 Å². The third-order valence-electron chi connectivity index (χ3n) is 3.07. The van der Waals surface area contributed by atoms with Crippen LogP contribution in [0.3, 0.4) is 0 Å². The maximum atomic E-state index is 5.81. The molecule has 0 fully saturated rings. The largest absolute Gasteiger partial charge is 0.328 e. The molecule has 0 radical (unpaired) electrons. The smallest absolute Gasteiger partial charge is 0.00509 e. The second kappa shape index (κ2) is 5.36. The number of benzene rings is 2. The van der Waals surface area contributed by atoms with Crippen molar-refractivity contribution in [1.82, 2.24) is 0 Å². The highest BCUT2D eigenvalue weighted by atomic mass is 14.6. The monoisotopic (exact) mass is 239 g/mol. The van der Waals surface area contributed by atoms with Gasteiger partial charge in [-0.3, -0.25) is 0 Å². The lowest BCUT2D eigenvalue weighted by atomic mass is 9.98. The molecule has 0 aliphatic heterocycles. The molecular weight excluding hydrogens is 218 g/mol. The number of hydrogen-bond acceptors (Lipinski definition) is 1. The second-order valence-electron chi connectivity index (χ2n) is 5.25. The quantitative estimate of drug-likeness (QED) is 0.864. The fourth-order valence-corrected chi connectivity index (χ4v) is 2.35. The SMILES string of the molecule is Cc1cc(C)cc(-c2ccc(CC(C)N)cc2)c1. The normalized spacial score (nSPS) is 12.4. The Morgan fingerprint density at radius 2 is 1.44 bits per heavy atom. The summed E-state index contributed by atoms with van der Waals surface area (Å²) in [6, 6.07) is 15.6. The average Bonchev–Trinajstić information content (AvgIpc) is 2.27. The first-order valence-electron chi connectivity index (χ1n) is 6.48. The number of rotatable bonds is 3. The van der Waals surface area contributed by atoms with E-state index in [9.17, 15) is 0 Å². The first-order chi connectivity index (χ1) is 8.54. The minimum absolute atomic E-state index is 0.220. The van der Waals surface area contributed by atoms with E-state index in [1.165, 1.54) is 27.8 Å². The Balaban J connectivity index is 2.28. The van der Waals surface area contributed by atoms with Gasteiger partial charge in [0.1, 0.15) is 0 Å². The zero-order chi connectivity index (χ0) is 13.1. The molecule has 1 atom stereocenters. The Kier molecular flexibility index (Phi) is 3.83. The molecular formula is C17H21N. The highest BCUT2D eigenvalue weighted by Crippen LogP contribution is 2.22. The summed E-state index contributed by atoms with van der Waals surface area (Å²) >= 11 is 0. The van der Waals surface area contributed by atoms with E-state index in [4.69, 9.17) is 5.73 Å². The Labute approximate surface area is 110 Å². The van der Waals surface area contributed by atoms with Crippen molar-refractivity contribution in [3.63, 3.8) is 0 Å². The van der Waals surface area contributed by atoms with Gasteiger partial charge in [0.05, 0.1) is 0 Å². The van der Waals surface area contributed by atoms with Gasteiger partial charge in [0, 0.05) is 6.04 Å². The van der Waals surface area contributed by atoms with Gasteiger partial charge in [-0.15, -0.1) is 0 Å². The van der Waals surface area contributed by atoms with E-state index in [1.807, 2.05) is 6.92 Å². The number of hydrogen-bond donors (Lipinski definition) is 1. The summed E-state index contributed by atoms with van der Waals surface area (Å²) in [6.45, 7) is 6.32. The van der Waals surface area contributed by atoms with Gasteiger partial charge in [0.25, 0.3) is 0 Å². The highest BCUT2D eigenvalue weighted by molar-refractivity contribution is 5.65. The molecule has 2 aromatic rings. The lowest BCUT2D eigenvalue weighted by Gasteiger charge is -2.08. The van der Waals surface area contributed by atoms with Crippen molar-refractivity contribution in [2.45, 2.75) is 33.2 Å². The maximum Gasteiger partial charge on any atom is 0.00509 e. The van der Waals surface area contributed by atoms with Gasteiger partial charge >= 0.3 is 0 Å². The first-order valence-corrected chi connectivity index (χ1v) is 6.48. The van der Waals surface area contributed by atoms with Crippen LogP contribution in [0.4, 0.5) is 0 Å². The fraction of sp³-hybridized carbons (Fsp3) is 0.294. The Bertz CT molecular complexity index is 504. The summed E-state index contributed by atoms with van der Waals surface area (Å²) < 4.78 is 0. The van der Waals surface area contributed by atoms with E-state index in [2.05, 4.69) is 56.3 Å². The lowest BCUT2D eigenvalue weighted by molar-refractivity contribution is 0.738. The molecule has 0 amide bonds. The molecule has 0 aliphatic rings. The summed E-state index contributed by atoms with van der Waals surface area (Å²) in [5.74, 6) is 0. The molecule has 1 unspecified atom stereocenters. The van der Waals surface area contributed by atoms with Crippen LogP contribution in [-0.4, -0.2) is 6.04 Å². The van der Waals surface area contributed by atoms with E-state index in [1.54, 1.807) is 0 Å². The molecule has 2 N–H and O–H groups in total. The van der Waals surface area contributed by atoms with Crippen LogP contribution in [0.2, 0.25) is 0 Å². The highest BCUT2D eigenvalue weighted by Gasteiger charge is 2.01. The number of aryl methyl sites for hydroxylation is 2. The van der Waals surface area contributed by atoms with Crippen molar-refractivity contribution >= 4 is 0 Å². The van der Waals surface area contributed by atoms with Crippen LogP contribution in [0.25, 0.3) is 11.1 Å². The molecule has 1 nitrogen and oxygen atoms in total.